The summed E-state index contributed by atoms with van der Waals surface area (Å²) in [6, 6.07) is 7.75. The van der Waals surface area contributed by atoms with Crippen LogP contribution >= 0.6 is 0 Å². The third-order valence-corrected chi connectivity index (χ3v) is 3.83. The summed E-state index contributed by atoms with van der Waals surface area (Å²) >= 11 is 0. The van der Waals surface area contributed by atoms with Gasteiger partial charge in [0, 0.05) is 7.05 Å². The van der Waals surface area contributed by atoms with Crippen LogP contribution in [0.25, 0.3) is 0 Å². The largest absolute Gasteiger partial charge is 0.503 e. The third-order valence-electron chi connectivity index (χ3n) is 3.83. The first-order valence-electron chi connectivity index (χ1n) is 6.97. The monoisotopic (exact) mass is 315 g/mol. The lowest BCUT2D eigenvalue weighted by Gasteiger charge is -2.22. The molecule has 2 aromatic rings. The topological polar surface area (TPSA) is 70.8 Å². The number of amides is 1. The fraction of sp³-hybridized carbons (Fsp3) is 0.176. The smallest absolute Gasteiger partial charge is 0.289 e. The number of aryl methyl sites for hydroxylation is 1. The second-order valence-electron chi connectivity index (χ2n) is 5.37. The molecular formula is C17H14FNO4. The summed E-state index contributed by atoms with van der Waals surface area (Å²) in [6.45, 7) is 1.69. The van der Waals surface area contributed by atoms with E-state index in [9.17, 15) is 19.1 Å². The molecule has 5 nitrogen and oxygen atoms in total. The number of aliphatic hydroxyl groups excluding tert-OH is 1. The standard InChI is InChI=1S/C17H14FNO4/c1-9-3-8-12(23-9)15(20)13-14(19(2)17(22)16(13)21)10-4-6-11(18)7-5-10/h3-8,14,21H,1-2H3. The van der Waals surface area contributed by atoms with Crippen molar-refractivity contribution >= 4 is 11.7 Å². The lowest BCUT2D eigenvalue weighted by atomic mass is 9.95. The van der Waals surface area contributed by atoms with E-state index in [4.69, 9.17) is 4.42 Å². The molecule has 3 rings (SSSR count). The minimum absolute atomic E-state index is 0.0410. The molecule has 1 atom stereocenters. The molecule has 0 saturated heterocycles. The van der Waals surface area contributed by atoms with Crippen LogP contribution in [0.4, 0.5) is 4.39 Å². The van der Waals surface area contributed by atoms with E-state index in [0.717, 1.165) is 0 Å². The number of hydrogen-bond donors (Lipinski definition) is 1. The van der Waals surface area contributed by atoms with Crippen molar-refractivity contribution in [1.29, 1.82) is 0 Å². The van der Waals surface area contributed by atoms with E-state index < -0.39 is 29.3 Å². The Balaban J connectivity index is 2.08. The van der Waals surface area contributed by atoms with Crippen LogP contribution in [0.3, 0.4) is 0 Å². The van der Waals surface area contributed by atoms with Gasteiger partial charge >= 0.3 is 0 Å². The quantitative estimate of drug-likeness (QED) is 0.884. The molecule has 1 amide bonds. The number of benzene rings is 1. The normalized spacial score (nSPS) is 18.0. The molecule has 0 spiro atoms. The van der Waals surface area contributed by atoms with Gasteiger partial charge in [-0.15, -0.1) is 0 Å². The van der Waals surface area contributed by atoms with Gasteiger partial charge in [-0.05, 0) is 36.8 Å². The van der Waals surface area contributed by atoms with Gasteiger partial charge in [-0.25, -0.2) is 4.39 Å². The Morgan fingerprint density at radius 2 is 1.87 bits per heavy atom. The number of furan rings is 1. The summed E-state index contributed by atoms with van der Waals surface area (Å²) < 4.78 is 18.4. The maximum atomic E-state index is 13.1. The van der Waals surface area contributed by atoms with Gasteiger partial charge in [0.1, 0.15) is 11.6 Å². The van der Waals surface area contributed by atoms with Gasteiger partial charge in [-0.1, -0.05) is 12.1 Å². The van der Waals surface area contributed by atoms with Crippen LogP contribution in [-0.4, -0.2) is 28.7 Å². The van der Waals surface area contributed by atoms with E-state index in [1.807, 2.05) is 0 Å². The molecule has 1 aliphatic rings. The first-order chi connectivity index (χ1) is 10.9. The minimum atomic E-state index is -0.791. The van der Waals surface area contributed by atoms with Crippen LogP contribution in [0, 0.1) is 12.7 Å². The highest BCUT2D eigenvalue weighted by atomic mass is 19.1. The van der Waals surface area contributed by atoms with Crippen LogP contribution in [0.1, 0.15) is 27.9 Å². The fourth-order valence-corrected chi connectivity index (χ4v) is 2.68. The predicted molar refractivity (Wildman–Crippen MR) is 79.3 cm³/mol. The lowest BCUT2D eigenvalue weighted by Crippen LogP contribution is -2.26. The van der Waals surface area contributed by atoms with Crippen LogP contribution in [-0.2, 0) is 4.79 Å². The molecule has 1 unspecified atom stereocenters. The van der Waals surface area contributed by atoms with Crippen molar-refractivity contribution in [2.45, 2.75) is 13.0 Å². The second kappa shape index (κ2) is 5.39. The van der Waals surface area contributed by atoms with E-state index in [0.29, 0.717) is 11.3 Å². The molecule has 0 aliphatic carbocycles. The maximum Gasteiger partial charge on any atom is 0.289 e. The Kier molecular flexibility index (Phi) is 3.52. The molecule has 1 aromatic carbocycles. The van der Waals surface area contributed by atoms with Gasteiger partial charge in [0.05, 0.1) is 11.6 Å². The average Bonchev–Trinajstić information content (AvgIpc) is 3.05. The van der Waals surface area contributed by atoms with Crippen molar-refractivity contribution in [3.63, 3.8) is 0 Å². The summed E-state index contributed by atoms with van der Waals surface area (Å²) in [6.07, 6.45) is 0. The number of nitrogens with zero attached hydrogens (tertiary/aromatic N) is 1. The first kappa shape index (κ1) is 15.0. The molecule has 0 bridgehead atoms. The Labute approximate surface area is 131 Å². The van der Waals surface area contributed by atoms with Crippen molar-refractivity contribution in [2.24, 2.45) is 0 Å². The number of carbonyl (C=O) groups excluding carboxylic acids is 2. The highest BCUT2D eigenvalue weighted by Crippen LogP contribution is 2.37. The number of hydrogen-bond acceptors (Lipinski definition) is 4. The third kappa shape index (κ3) is 2.42. The average molecular weight is 315 g/mol. The van der Waals surface area contributed by atoms with Gasteiger partial charge in [0.25, 0.3) is 5.91 Å². The van der Waals surface area contributed by atoms with E-state index in [1.54, 1.807) is 13.0 Å². The second-order valence-corrected chi connectivity index (χ2v) is 5.37. The van der Waals surface area contributed by atoms with E-state index in [2.05, 4.69) is 0 Å². The molecule has 6 heteroatoms. The van der Waals surface area contributed by atoms with Crippen LogP contribution < -0.4 is 0 Å². The van der Waals surface area contributed by atoms with Gasteiger partial charge in [0.15, 0.2) is 11.5 Å². The SMILES string of the molecule is Cc1ccc(C(=O)C2=C(O)C(=O)N(C)C2c2ccc(F)cc2)o1. The van der Waals surface area contributed by atoms with Gasteiger partial charge in [-0.3, -0.25) is 9.59 Å². The molecular weight excluding hydrogens is 301 g/mol. The van der Waals surface area contributed by atoms with E-state index in [-0.39, 0.29) is 11.3 Å². The molecule has 0 saturated carbocycles. The molecule has 118 valence electrons. The van der Waals surface area contributed by atoms with Gasteiger partial charge in [-0.2, -0.15) is 0 Å². The zero-order chi connectivity index (χ0) is 16.7. The van der Waals surface area contributed by atoms with Crippen LogP contribution in [0.2, 0.25) is 0 Å². The first-order valence-corrected chi connectivity index (χ1v) is 6.97. The number of Topliss-reactive ketones (excluding diaryl/α,β-unsaturated/α-hetero) is 1. The number of halogens is 1. The Morgan fingerprint density at radius 3 is 2.43 bits per heavy atom. The van der Waals surface area contributed by atoms with Crippen molar-refractivity contribution < 1.29 is 23.5 Å². The van der Waals surface area contributed by atoms with Crippen LogP contribution in [0.15, 0.2) is 52.1 Å². The Hall–Kier alpha value is -2.89. The van der Waals surface area contributed by atoms with E-state index >= 15 is 0 Å². The summed E-state index contributed by atoms with van der Waals surface area (Å²) in [5.74, 6) is -1.68. The number of carbonyl (C=O) groups is 2. The van der Waals surface area contributed by atoms with E-state index in [1.165, 1.54) is 42.3 Å². The Morgan fingerprint density at radius 1 is 1.22 bits per heavy atom. The zero-order valence-corrected chi connectivity index (χ0v) is 12.5. The van der Waals surface area contributed by atoms with Crippen molar-refractivity contribution in [3.05, 3.63) is 70.6 Å². The van der Waals surface area contributed by atoms with Crippen LogP contribution in [0.5, 0.6) is 0 Å². The maximum absolute atomic E-state index is 13.1. The fourth-order valence-electron chi connectivity index (χ4n) is 2.68. The van der Waals surface area contributed by atoms with Gasteiger partial charge < -0.3 is 14.4 Å². The highest BCUT2D eigenvalue weighted by Gasteiger charge is 2.42. The Bertz CT molecular complexity index is 819. The molecule has 1 N–H and O–H groups in total. The summed E-state index contributed by atoms with van der Waals surface area (Å²) in [7, 11) is 1.47. The number of likely N-dealkylation sites (N-methyl/N-ethyl adjacent to an activating group) is 1. The van der Waals surface area contributed by atoms with Crippen molar-refractivity contribution in [3.8, 4) is 0 Å². The summed E-state index contributed by atoms with van der Waals surface area (Å²) in [5.41, 5.74) is 0.455. The molecule has 0 fully saturated rings. The summed E-state index contributed by atoms with van der Waals surface area (Å²) in [4.78, 5) is 26.0. The van der Waals surface area contributed by atoms with Crippen molar-refractivity contribution in [2.75, 3.05) is 7.05 Å². The lowest BCUT2D eigenvalue weighted by molar-refractivity contribution is -0.128. The zero-order valence-electron chi connectivity index (χ0n) is 12.5. The minimum Gasteiger partial charge on any atom is -0.503 e. The molecule has 1 aromatic heterocycles. The molecule has 1 aliphatic heterocycles. The number of aliphatic hydroxyl groups is 1. The summed E-state index contributed by atoms with van der Waals surface area (Å²) in [5, 5.41) is 10.1. The number of ketones is 1. The predicted octanol–water partition coefficient (Wildman–Crippen LogP) is 2.94. The molecule has 2 heterocycles. The van der Waals surface area contributed by atoms with Gasteiger partial charge in [0.2, 0.25) is 5.78 Å². The van der Waals surface area contributed by atoms with Crippen molar-refractivity contribution in [1.82, 2.24) is 4.90 Å². The number of rotatable bonds is 3. The molecule has 23 heavy (non-hydrogen) atoms. The molecule has 0 radical (unpaired) electrons. The highest BCUT2D eigenvalue weighted by molar-refractivity contribution is 6.14.